The maximum absolute atomic E-state index is 12.9. The van der Waals surface area contributed by atoms with Crippen molar-refractivity contribution in [3.05, 3.63) is 64.1 Å². The fourth-order valence-electron chi connectivity index (χ4n) is 4.60. The third-order valence-corrected chi connectivity index (χ3v) is 7.55. The number of aromatic nitrogens is 4. The summed E-state index contributed by atoms with van der Waals surface area (Å²) in [6.07, 6.45) is 5.46. The van der Waals surface area contributed by atoms with Gasteiger partial charge in [-0.3, -0.25) is 9.59 Å². The first-order valence-electron chi connectivity index (χ1n) is 12.2. The van der Waals surface area contributed by atoms with Gasteiger partial charge in [-0.05, 0) is 31.4 Å². The van der Waals surface area contributed by atoms with Crippen LogP contribution in [0.25, 0.3) is 10.9 Å². The summed E-state index contributed by atoms with van der Waals surface area (Å²) >= 11 is 1.45. The smallest absolute Gasteiger partial charge is 0.374 e. The number of aryl methyl sites for hydroxylation is 1. The lowest BCUT2D eigenvalue weighted by Crippen LogP contribution is -2.38. The highest BCUT2D eigenvalue weighted by Crippen LogP contribution is 2.31. The molecule has 1 aliphatic heterocycles. The number of para-hydroxylation sites is 1. The molecule has 3 aromatic heterocycles. The number of carbonyl (C=O) groups is 3. The molecule has 4 aromatic rings. The Labute approximate surface area is 217 Å². The third kappa shape index (κ3) is 5.26. The monoisotopic (exact) mass is 520 g/mol. The first-order valence-corrected chi connectivity index (χ1v) is 13.1. The van der Waals surface area contributed by atoms with Crippen molar-refractivity contribution in [3.8, 4) is 0 Å². The van der Waals surface area contributed by atoms with Crippen LogP contribution in [-0.2, 0) is 23.0 Å². The van der Waals surface area contributed by atoms with Crippen LogP contribution in [-0.4, -0.2) is 61.9 Å². The summed E-state index contributed by atoms with van der Waals surface area (Å²) in [5.74, 6) is -0.238. The van der Waals surface area contributed by atoms with Gasteiger partial charge < -0.3 is 24.5 Å². The van der Waals surface area contributed by atoms with Crippen LogP contribution in [0.5, 0.6) is 0 Å². The van der Waals surface area contributed by atoms with Crippen molar-refractivity contribution in [2.75, 3.05) is 25.0 Å². The first kappa shape index (κ1) is 24.7. The zero-order valence-electron chi connectivity index (χ0n) is 20.7. The van der Waals surface area contributed by atoms with Gasteiger partial charge in [0, 0.05) is 54.7 Å². The maximum Gasteiger partial charge on any atom is 0.374 e. The van der Waals surface area contributed by atoms with Gasteiger partial charge in [0.2, 0.25) is 11.7 Å². The molecule has 0 bridgehead atoms. The molecule has 11 heteroatoms. The van der Waals surface area contributed by atoms with Crippen molar-refractivity contribution in [1.29, 1.82) is 0 Å². The Kier molecular flexibility index (Phi) is 7.04. The summed E-state index contributed by atoms with van der Waals surface area (Å²) in [6.45, 7) is 3.29. The molecule has 0 unspecified atom stereocenters. The highest BCUT2D eigenvalue weighted by Gasteiger charge is 2.27. The predicted octanol–water partition coefficient (Wildman–Crippen LogP) is 3.74. The minimum atomic E-state index is -0.548. The molecule has 2 N–H and O–H groups in total. The lowest BCUT2D eigenvalue weighted by Gasteiger charge is -2.31. The first-order chi connectivity index (χ1) is 17.9. The molecule has 0 aliphatic carbocycles. The average molecular weight is 521 g/mol. The quantitative estimate of drug-likeness (QED) is 0.358. The van der Waals surface area contributed by atoms with Gasteiger partial charge in [-0.25, -0.2) is 14.8 Å². The molecule has 0 radical (unpaired) electrons. The number of fused-ring (bicyclic) bond motifs is 1. The standard InChI is InChI=1S/C26H28N6O4S/c1-3-36-26(35)23-29-21(14-31(23)2)30-24(34)20-15-37-25(28-20)16-8-10-32(11-9-16)22(33)12-17-13-27-19-7-5-4-6-18(17)19/h4-7,13-16,27H,3,8-12H2,1-2H3,(H,30,34). The molecular weight excluding hydrogens is 492 g/mol. The van der Waals surface area contributed by atoms with E-state index in [-0.39, 0.29) is 36.0 Å². The molecule has 0 spiro atoms. The number of amides is 2. The van der Waals surface area contributed by atoms with Crippen LogP contribution in [0.3, 0.4) is 0 Å². The Morgan fingerprint density at radius 3 is 2.76 bits per heavy atom. The van der Waals surface area contributed by atoms with Crippen LogP contribution in [0.4, 0.5) is 5.82 Å². The molecular formula is C26H28N6O4S. The van der Waals surface area contributed by atoms with E-state index in [4.69, 9.17) is 4.74 Å². The van der Waals surface area contributed by atoms with Gasteiger partial charge in [0.1, 0.15) is 5.69 Å². The second kappa shape index (κ2) is 10.6. The Bertz CT molecular complexity index is 1450. The van der Waals surface area contributed by atoms with Crippen LogP contribution in [0, 0.1) is 0 Å². The largest absolute Gasteiger partial charge is 0.460 e. The van der Waals surface area contributed by atoms with E-state index in [0.717, 1.165) is 34.3 Å². The minimum absolute atomic E-state index is 0.113. The predicted molar refractivity (Wildman–Crippen MR) is 140 cm³/mol. The van der Waals surface area contributed by atoms with Crippen LogP contribution in [0.1, 0.15) is 57.4 Å². The van der Waals surface area contributed by atoms with Crippen molar-refractivity contribution in [3.63, 3.8) is 0 Å². The third-order valence-electron chi connectivity index (χ3n) is 6.54. The molecule has 192 valence electrons. The summed E-state index contributed by atoms with van der Waals surface area (Å²) < 4.78 is 6.48. The second-order valence-electron chi connectivity index (χ2n) is 9.00. The van der Waals surface area contributed by atoms with E-state index in [9.17, 15) is 14.4 Å². The van der Waals surface area contributed by atoms with E-state index < -0.39 is 5.97 Å². The van der Waals surface area contributed by atoms with Gasteiger partial charge in [0.15, 0.2) is 5.82 Å². The fourth-order valence-corrected chi connectivity index (χ4v) is 5.57. The van der Waals surface area contributed by atoms with E-state index >= 15 is 0 Å². The highest BCUT2D eigenvalue weighted by atomic mass is 32.1. The van der Waals surface area contributed by atoms with Gasteiger partial charge in [-0.2, -0.15) is 0 Å². The molecule has 0 atom stereocenters. The Morgan fingerprint density at radius 2 is 1.97 bits per heavy atom. The van der Waals surface area contributed by atoms with E-state index in [1.54, 1.807) is 25.5 Å². The number of hydrogen-bond acceptors (Lipinski definition) is 7. The number of ether oxygens (including phenoxy) is 1. The highest BCUT2D eigenvalue weighted by molar-refractivity contribution is 7.10. The van der Waals surface area contributed by atoms with Crippen LogP contribution >= 0.6 is 11.3 Å². The molecule has 4 heterocycles. The number of hydrogen-bond donors (Lipinski definition) is 2. The number of rotatable bonds is 7. The molecule has 37 heavy (non-hydrogen) atoms. The molecule has 0 saturated carbocycles. The number of carbonyl (C=O) groups excluding carboxylic acids is 3. The molecule has 1 aromatic carbocycles. The number of imidazole rings is 1. The number of esters is 1. The zero-order valence-corrected chi connectivity index (χ0v) is 21.5. The molecule has 1 aliphatic rings. The second-order valence-corrected chi connectivity index (χ2v) is 9.89. The van der Waals surface area contributed by atoms with Crippen molar-refractivity contribution >= 4 is 45.8 Å². The number of nitrogens with zero attached hydrogens (tertiary/aromatic N) is 4. The Balaban J connectivity index is 1.16. The summed E-state index contributed by atoms with van der Waals surface area (Å²) in [7, 11) is 1.66. The average Bonchev–Trinajstić information content (AvgIpc) is 3.63. The normalized spacial score (nSPS) is 14.2. The van der Waals surface area contributed by atoms with Crippen LogP contribution in [0.15, 0.2) is 42.0 Å². The summed E-state index contributed by atoms with van der Waals surface area (Å²) in [5.41, 5.74) is 2.36. The van der Waals surface area contributed by atoms with Crippen LogP contribution < -0.4 is 5.32 Å². The lowest BCUT2D eigenvalue weighted by atomic mass is 9.97. The van der Waals surface area contributed by atoms with Crippen molar-refractivity contribution in [1.82, 2.24) is 24.4 Å². The van der Waals surface area contributed by atoms with E-state index in [1.807, 2.05) is 35.4 Å². The van der Waals surface area contributed by atoms with E-state index in [0.29, 0.717) is 25.2 Å². The Morgan fingerprint density at radius 1 is 1.19 bits per heavy atom. The number of likely N-dealkylation sites (tertiary alicyclic amines) is 1. The van der Waals surface area contributed by atoms with Crippen molar-refractivity contribution in [2.24, 2.45) is 7.05 Å². The Hall–Kier alpha value is -3.99. The fraction of sp³-hybridized carbons (Fsp3) is 0.346. The van der Waals surface area contributed by atoms with Gasteiger partial charge in [-0.1, -0.05) is 18.2 Å². The molecule has 1 fully saturated rings. The van der Waals surface area contributed by atoms with Gasteiger partial charge in [0.25, 0.3) is 5.91 Å². The number of piperidine rings is 1. The summed E-state index contributed by atoms with van der Waals surface area (Å²) in [4.78, 5) is 51.5. The maximum atomic E-state index is 12.9. The van der Waals surface area contributed by atoms with Gasteiger partial charge in [0.05, 0.1) is 18.0 Å². The molecule has 1 saturated heterocycles. The number of anilines is 1. The zero-order chi connectivity index (χ0) is 25.9. The van der Waals surface area contributed by atoms with Crippen molar-refractivity contribution in [2.45, 2.75) is 32.1 Å². The number of nitrogens with one attached hydrogen (secondary N) is 2. The van der Waals surface area contributed by atoms with Gasteiger partial charge in [-0.15, -0.1) is 11.3 Å². The summed E-state index contributed by atoms with van der Waals surface area (Å²) in [6, 6.07) is 8.00. The van der Waals surface area contributed by atoms with Crippen molar-refractivity contribution < 1.29 is 19.1 Å². The number of benzene rings is 1. The van der Waals surface area contributed by atoms with E-state index in [2.05, 4.69) is 20.3 Å². The lowest BCUT2D eigenvalue weighted by molar-refractivity contribution is -0.131. The number of H-pyrrole nitrogens is 1. The van der Waals surface area contributed by atoms with E-state index in [1.165, 1.54) is 15.9 Å². The minimum Gasteiger partial charge on any atom is -0.460 e. The molecule has 5 rings (SSSR count). The number of thiazole rings is 1. The van der Waals surface area contributed by atoms with Crippen LogP contribution in [0.2, 0.25) is 0 Å². The molecule has 2 amide bonds. The SMILES string of the molecule is CCOC(=O)c1nc(NC(=O)c2csc(C3CCN(C(=O)Cc4c[nH]c5ccccc45)CC3)n2)cn1C. The van der Waals surface area contributed by atoms with Gasteiger partial charge >= 0.3 is 5.97 Å². The molecule has 10 nitrogen and oxygen atoms in total. The number of aromatic amines is 1. The topological polar surface area (TPSA) is 122 Å². The summed E-state index contributed by atoms with van der Waals surface area (Å²) in [5, 5.41) is 6.41.